The maximum atomic E-state index is 13.6. The lowest BCUT2D eigenvalue weighted by molar-refractivity contribution is -0.139. The summed E-state index contributed by atoms with van der Waals surface area (Å²) in [6.07, 6.45) is -6.84. The lowest BCUT2D eigenvalue weighted by Crippen LogP contribution is -2.14. The van der Waals surface area contributed by atoms with E-state index in [2.05, 4.69) is 0 Å². The molecule has 112 valence electrons. The normalized spacial score (nSPS) is 13.3. The average molecular weight is 306 g/mol. The first-order chi connectivity index (χ1) is 9.73. The van der Waals surface area contributed by atoms with E-state index in [1.165, 1.54) is 6.07 Å². The van der Waals surface area contributed by atoms with Crippen molar-refractivity contribution < 1.29 is 31.4 Å². The van der Waals surface area contributed by atoms with Crippen molar-refractivity contribution >= 4 is 0 Å². The van der Waals surface area contributed by atoms with Gasteiger partial charge in [0.1, 0.15) is 6.10 Å². The van der Waals surface area contributed by atoms with Crippen molar-refractivity contribution in [1.29, 1.82) is 0 Å². The second kappa shape index (κ2) is 5.40. The number of halogens is 6. The van der Waals surface area contributed by atoms with E-state index in [0.717, 1.165) is 12.1 Å². The van der Waals surface area contributed by atoms with Crippen molar-refractivity contribution in [2.75, 3.05) is 0 Å². The van der Waals surface area contributed by atoms with E-state index in [9.17, 15) is 31.4 Å². The van der Waals surface area contributed by atoms with Crippen molar-refractivity contribution in [3.8, 4) is 0 Å². The van der Waals surface area contributed by atoms with E-state index < -0.39 is 46.4 Å². The Morgan fingerprint density at radius 3 is 2.05 bits per heavy atom. The molecule has 0 bridgehead atoms. The number of rotatable bonds is 2. The minimum absolute atomic E-state index is 0.535. The summed E-state index contributed by atoms with van der Waals surface area (Å²) in [4.78, 5) is 0. The number of hydrogen-bond donors (Lipinski definition) is 1. The van der Waals surface area contributed by atoms with Gasteiger partial charge < -0.3 is 5.11 Å². The predicted molar refractivity (Wildman–Crippen MR) is 61.8 cm³/mol. The Bertz CT molecular complexity index is 665. The molecule has 2 rings (SSSR count). The maximum Gasteiger partial charge on any atom is 0.416 e. The molecular weight excluding hydrogens is 298 g/mol. The molecule has 0 heterocycles. The maximum absolute atomic E-state index is 13.6. The van der Waals surface area contributed by atoms with E-state index in [1.54, 1.807) is 0 Å². The molecule has 1 atom stereocenters. The molecule has 0 saturated heterocycles. The molecule has 2 aromatic carbocycles. The molecular formula is C14H8F6O. The Balaban J connectivity index is 2.56. The highest BCUT2D eigenvalue weighted by Gasteiger charge is 2.35. The second-order valence-electron chi connectivity index (χ2n) is 4.25. The summed E-state index contributed by atoms with van der Waals surface area (Å²) >= 11 is 0. The van der Waals surface area contributed by atoms with E-state index in [-0.39, 0.29) is 0 Å². The van der Waals surface area contributed by atoms with Gasteiger partial charge >= 0.3 is 6.18 Å². The van der Waals surface area contributed by atoms with Crippen LogP contribution in [-0.4, -0.2) is 5.11 Å². The van der Waals surface area contributed by atoms with Crippen LogP contribution in [0.1, 0.15) is 22.8 Å². The van der Waals surface area contributed by atoms with E-state index in [0.29, 0.717) is 18.2 Å². The molecule has 0 radical (unpaired) electrons. The summed E-state index contributed by atoms with van der Waals surface area (Å²) in [6, 6.07) is 5.19. The highest BCUT2D eigenvalue weighted by Crippen LogP contribution is 2.37. The third-order valence-electron chi connectivity index (χ3n) is 2.92. The molecule has 0 saturated carbocycles. The van der Waals surface area contributed by atoms with Crippen LogP contribution in [0, 0.1) is 17.5 Å². The van der Waals surface area contributed by atoms with Crippen LogP contribution < -0.4 is 0 Å². The molecule has 1 unspecified atom stereocenters. The van der Waals surface area contributed by atoms with Crippen LogP contribution in [0.4, 0.5) is 26.3 Å². The van der Waals surface area contributed by atoms with Crippen molar-refractivity contribution in [2.45, 2.75) is 12.3 Å². The zero-order chi connectivity index (χ0) is 15.8. The Labute approximate surface area is 115 Å². The fraction of sp³-hybridized carbons (Fsp3) is 0.143. The van der Waals surface area contributed by atoms with Gasteiger partial charge in [0.05, 0.1) is 5.56 Å². The lowest BCUT2D eigenvalue weighted by atomic mass is 9.96. The number of aliphatic hydroxyl groups is 1. The standard InChI is InChI=1S/C14H8F6O/c15-10-6-5-8(11(16)12(10)17)13(21)7-3-1-2-4-9(7)14(18,19)20/h1-6,13,21H. The quantitative estimate of drug-likeness (QED) is 0.651. The van der Waals surface area contributed by atoms with Crippen LogP contribution in [0.15, 0.2) is 36.4 Å². The Kier molecular flexibility index (Phi) is 3.95. The second-order valence-corrected chi connectivity index (χ2v) is 4.25. The largest absolute Gasteiger partial charge is 0.416 e. The smallest absolute Gasteiger partial charge is 0.384 e. The fourth-order valence-corrected chi connectivity index (χ4v) is 1.91. The van der Waals surface area contributed by atoms with Crippen LogP contribution in [0.2, 0.25) is 0 Å². The van der Waals surface area contributed by atoms with Crippen molar-refractivity contribution in [3.05, 3.63) is 70.5 Å². The summed E-state index contributed by atoms with van der Waals surface area (Å²) in [6.45, 7) is 0. The molecule has 0 aliphatic heterocycles. The van der Waals surface area contributed by atoms with Crippen LogP contribution in [0.5, 0.6) is 0 Å². The predicted octanol–water partition coefficient (Wildman–Crippen LogP) is 4.20. The average Bonchev–Trinajstić information content (AvgIpc) is 2.43. The number of hydrogen-bond acceptors (Lipinski definition) is 1. The molecule has 0 amide bonds. The molecule has 21 heavy (non-hydrogen) atoms. The SMILES string of the molecule is OC(c1ccccc1C(F)(F)F)c1ccc(F)c(F)c1F. The third-order valence-corrected chi connectivity index (χ3v) is 2.92. The van der Waals surface area contributed by atoms with Crippen LogP contribution in [0.3, 0.4) is 0 Å². The highest BCUT2D eigenvalue weighted by atomic mass is 19.4. The number of aliphatic hydroxyl groups excluding tert-OH is 1. The molecule has 1 nitrogen and oxygen atoms in total. The topological polar surface area (TPSA) is 20.2 Å². The zero-order valence-corrected chi connectivity index (χ0v) is 10.3. The fourth-order valence-electron chi connectivity index (χ4n) is 1.91. The van der Waals surface area contributed by atoms with Gasteiger partial charge in [0.15, 0.2) is 17.5 Å². The Morgan fingerprint density at radius 1 is 0.810 bits per heavy atom. The van der Waals surface area contributed by atoms with Gasteiger partial charge in [0.2, 0.25) is 0 Å². The summed E-state index contributed by atoms with van der Waals surface area (Å²) in [5.41, 5.74) is -2.60. The monoisotopic (exact) mass is 306 g/mol. The van der Waals surface area contributed by atoms with Gasteiger partial charge in [-0.2, -0.15) is 13.2 Å². The summed E-state index contributed by atoms with van der Waals surface area (Å²) in [5.74, 6) is -5.07. The third kappa shape index (κ3) is 2.87. The van der Waals surface area contributed by atoms with E-state index >= 15 is 0 Å². The number of alkyl halides is 3. The highest BCUT2D eigenvalue weighted by molar-refractivity contribution is 5.38. The molecule has 0 aromatic heterocycles. The lowest BCUT2D eigenvalue weighted by Gasteiger charge is -2.18. The van der Waals surface area contributed by atoms with E-state index in [1.807, 2.05) is 0 Å². The summed E-state index contributed by atoms with van der Waals surface area (Å²) in [5, 5.41) is 9.90. The van der Waals surface area contributed by atoms with Gasteiger partial charge in [-0.1, -0.05) is 24.3 Å². The Morgan fingerprint density at radius 2 is 1.43 bits per heavy atom. The molecule has 0 aliphatic rings. The van der Waals surface area contributed by atoms with Gasteiger partial charge in [0.25, 0.3) is 0 Å². The van der Waals surface area contributed by atoms with Gasteiger partial charge in [-0.25, -0.2) is 13.2 Å². The molecule has 0 spiro atoms. The summed E-state index contributed by atoms with van der Waals surface area (Å²) < 4.78 is 78.0. The zero-order valence-electron chi connectivity index (χ0n) is 10.3. The van der Waals surface area contributed by atoms with Crippen molar-refractivity contribution in [3.63, 3.8) is 0 Å². The van der Waals surface area contributed by atoms with Gasteiger partial charge in [-0.3, -0.25) is 0 Å². The molecule has 0 fully saturated rings. The van der Waals surface area contributed by atoms with Gasteiger partial charge in [-0.15, -0.1) is 0 Å². The first-order valence-electron chi connectivity index (χ1n) is 5.71. The van der Waals surface area contributed by atoms with E-state index in [4.69, 9.17) is 0 Å². The van der Waals surface area contributed by atoms with Crippen LogP contribution in [0.25, 0.3) is 0 Å². The molecule has 1 N–H and O–H groups in total. The van der Waals surface area contributed by atoms with Crippen LogP contribution in [-0.2, 0) is 6.18 Å². The Hall–Kier alpha value is -2.02. The van der Waals surface area contributed by atoms with Crippen molar-refractivity contribution in [2.24, 2.45) is 0 Å². The molecule has 7 heteroatoms. The first-order valence-corrected chi connectivity index (χ1v) is 5.71. The molecule has 0 aliphatic carbocycles. The van der Waals surface area contributed by atoms with Gasteiger partial charge in [0, 0.05) is 5.56 Å². The van der Waals surface area contributed by atoms with Gasteiger partial charge in [-0.05, 0) is 17.7 Å². The summed E-state index contributed by atoms with van der Waals surface area (Å²) in [7, 11) is 0. The minimum Gasteiger partial charge on any atom is -0.384 e. The van der Waals surface area contributed by atoms with Crippen molar-refractivity contribution in [1.82, 2.24) is 0 Å². The first kappa shape index (κ1) is 15.4. The minimum atomic E-state index is -4.77. The molecule has 2 aromatic rings. The number of benzene rings is 2. The van der Waals surface area contributed by atoms with Crippen LogP contribution >= 0.6 is 0 Å².